The molecule has 11 N–H and O–H groups in total. The standard InChI is InChI=1S/C41H53N5O12/c1-41(2,3)58-40(56)46-29(21-32(43)49)31(48)20-19-27(42)38(54)45-30(23-47)34(51)35(52)36(53)39(55)44-28(24-13-7-4-8-14-24)22-33(50)57-37(25-15-9-5-10-16-25)26-17-11-6-12-18-26/h4-18,27-30,34-37,47,51-53H,19-23,42H2,1-3H3,(H2,43,49)(H,44,55)(H,45,54)(H,46,56)/t27-,28-,29-,30-,34+,35+,36-/m0/s1. The summed E-state index contributed by atoms with van der Waals surface area (Å²) >= 11 is 0. The van der Waals surface area contributed by atoms with Crippen LogP contribution in [-0.4, -0.2) is 105 Å². The van der Waals surface area contributed by atoms with E-state index in [-0.39, 0.29) is 6.42 Å². The van der Waals surface area contributed by atoms with Crippen LogP contribution < -0.4 is 27.4 Å². The highest BCUT2D eigenvalue weighted by Gasteiger charge is 2.37. The number of primary amides is 1. The van der Waals surface area contributed by atoms with E-state index >= 15 is 0 Å². The highest BCUT2D eigenvalue weighted by molar-refractivity contribution is 5.92. The van der Waals surface area contributed by atoms with Gasteiger partial charge < -0.3 is 57.3 Å². The summed E-state index contributed by atoms with van der Waals surface area (Å²) in [5.74, 6) is -4.47. The number of esters is 1. The van der Waals surface area contributed by atoms with Gasteiger partial charge in [0.15, 0.2) is 18.0 Å². The summed E-state index contributed by atoms with van der Waals surface area (Å²) in [5, 5.41) is 49.5. The van der Waals surface area contributed by atoms with Gasteiger partial charge in [-0.05, 0) is 43.9 Å². The van der Waals surface area contributed by atoms with Crippen molar-refractivity contribution in [3.8, 4) is 0 Å². The molecule has 17 heteroatoms. The van der Waals surface area contributed by atoms with Gasteiger partial charge in [0.25, 0.3) is 5.91 Å². The van der Waals surface area contributed by atoms with Crippen LogP contribution in [0.2, 0.25) is 0 Å². The van der Waals surface area contributed by atoms with E-state index in [9.17, 15) is 49.2 Å². The van der Waals surface area contributed by atoms with Crippen molar-refractivity contribution < 1.29 is 58.7 Å². The predicted octanol–water partition coefficient (Wildman–Crippen LogP) is 0.572. The minimum Gasteiger partial charge on any atom is -0.452 e. The smallest absolute Gasteiger partial charge is 0.408 e. The van der Waals surface area contributed by atoms with Gasteiger partial charge in [-0.3, -0.25) is 24.0 Å². The zero-order valence-corrected chi connectivity index (χ0v) is 32.5. The van der Waals surface area contributed by atoms with Crippen LogP contribution in [0.15, 0.2) is 91.0 Å². The van der Waals surface area contributed by atoms with E-state index in [1.165, 1.54) is 0 Å². The fraction of sp³-hybridized carbons (Fsp3) is 0.415. The average Bonchev–Trinajstić information content (AvgIpc) is 3.19. The molecule has 0 aliphatic heterocycles. The number of ether oxygens (including phenoxy) is 2. The van der Waals surface area contributed by atoms with E-state index in [4.69, 9.17) is 20.9 Å². The third-order valence-corrected chi connectivity index (χ3v) is 8.75. The fourth-order valence-corrected chi connectivity index (χ4v) is 5.73. The van der Waals surface area contributed by atoms with Crippen molar-refractivity contribution in [1.82, 2.24) is 16.0 Å². The molecule has 58 heavy (non-hydrogen) atoms. The van der Waals surface area contributed by atoms with Gasteiger partial charge in [0.2, 0.25) is 11.8 Å². The van der Waals surface area contributed by atoms with E-state index < -0.39 is 116 Å². The molecule has 0 fully saturated rings. The topological polar surface area (TPSA) is 290 Å². The van der Waals surface area contributed by atoms with Crippen molar-refractivity contribution in [2.45, 2.75) is 101 Å². The van der Waals surface area contributed by atoms with Gasteiger partial charge in [0.05, 0.1) is 43.6 Å². The van der Waals surface area contributed by atoms with Gasteiger partial charge in [0.1, 0.15) is 17.8 Å². The number of ketones is 1. The van der Waals surface area contributed by atoms with Crippen LogP contribution in [0, 0.1) is 0 Å². The maximum absolute atomic E-state index is 13.4. The minimum absolute atomic E-state index is 0.321. The van der Waals surface area contributed by atoms with E-state index in [2.05, 4.69) is 16.0 Å². The number of aliphatic hydroxyl groups is 4. The van der Waals surface area contributed by atoms with Crippen LogP contribution >= 0.6 is 0 Å². The Bertz CT molecular complexity index is 1770. The summed E-state index contributed by atoms with van der Waals surface area (Å²) in [5.41, 5.74) is 12.1. The second kappa shape index (κ2) is 22.3. The van der Waals surface area contributed by atoms with Crippen LogP contribution in [0.5, 0.6) is 0 Å². The number of rotatable bonds is 21. The number of hydrogen-bond acceptors (Lipinski definition) is 13. The van der Waals surface area contributed by atoms with Gasteiger partial charge in [-0.2, -0.15) is 0 Å². The lowest BCUT2D eigenvalue weighted by atomic mass is 9.98. The number of nitrogens with two attached hydrogens (primary N) is 2. The molecule has 7 atom stereocenters. The van der Waals surface area contributed by atoms with Crippen molar-refractivity contribution in [3.63, 3.8) is 0 Å². The first-order valence-electron chi connectivity index (χ1n) is 18.6. The average molecular weight is 808 g/mol. The Morgan fingerprint density at radius 1 is 0.707 bits per heavy atom. The molecular formula is C41H53N5O12. The van der Waals surface area contributed by atoms with Crippen molar-refractivity contribution >= 4 is 35.6 Å². The number of Topliss-reactive ketones (excluding diaryl/α,β-unsaturated/α-hetero) is 1. The van der Waals surface area contributed by atoms with E-state index in [0.29, 0.717) is 16.7 Å². The molecule has 0 aliphatic rings. The predicted molar refractivity (Wildman–Crippen MR) is 209 cm³/mol. The highest BCUT2D eigenvalue weighted by atomic mass is 16.6. The number of benzene rings is 3. The quantitative estimate of drug-likeness (QED) is 0.0667. The SMILES string of the molecule is CC(C)(C)OC(=O)N[C@@H](CC(N)=O)C(=O)CC[C@H](N)C(=O)N[C@@H](CO)[C@@H](O)[C@@H](O)[C@H](O)C(=O)N[C@@H](CC(=O)OC(c1ccccc1)c1ccccc1)c1ccccc1. The third kappa shape index (κ3) is 15.0. The third-order valence-electron chi connectivity index (χ3n) is 8.75. The van der Waals surface area contributed by atoms with E-state index in [1.807, 2.05) is 12.1 Å². The number of carbonyl (C=O) groups is 6. The second-order valence-electron chi connectivity index (χ2n) is 14.6. The molecule has 0 bridgehead atoms. The maximum Gasteiger partial charge on any atom is 0.408 e. The first-order valence-corrected chi connectivity index (χ1v) is 18.6. The molecule has 0 spiro atoms. The Labute approximate surface area is 336 Å². The summed E-state index contributed by atoms with van der Waals surface area (Å²) < 4.78 is 11.0. The van der Waals surface area contributed by atoms with Gasteiger partial charge in [0, 0.05) is 6.42 Å². The van der Waals surface area contributed by atoms with Gasteiger partial charge in [-0.1, -0.05) is 91.0 Å². The number of amides is 4. The number of hydrogen-bond donors (Lipinski definition) is 9. The molecule has 0 radical (unpaired) electrons. The molecule has 3 aromatic carbocycles. The summed E-state index contributed by atoms with van der Waals surface area (Å²) in [6.45, 7) is 3.81. The number of nitrogens with one attached hydrogen (secondary N) is 3. The van der Waals surface area contributed by atoms with E-state index in [0.717, 1.165) is 0 Å². The van der Waals surface area contributed by atoms with Gasteiger partial charge in [-0.25, -0.2) is 4.79 Å². The van der Waals surface area contributed by atoms with E-state index in [1.54, 1.807) is 99.6 Å². The molecule has 0 unspecified atom stereocenters. The van der Waals surface area contributed by atoms with Crippen LogP contribution in [0.1, 0.15) is 75.3 Å². The molecule has 3 aromatic rings. The Hall–Kier alpha value is -5.72. The molecule has 0 heterocycles. The van der Waals surface area contributed by atoms with Crippen molar-refractivity contribution in [2.75, 3.05) is 6.61 Å². The van der Waals surface area contributed by atoms with Crippen LogP contribution in [0.3, 0.4) is 0 Å². The lowest BCUT2D eigenvalue weighted by Crippen LogP contribution is -2.58. The monoisotopic (exact) mass is 807 g/mol. The summed E-state index contributed by atoms with van der Waals surface area (Å²) in [6.07, 6.45) is -10.1. The Morgan fingerprint density at radius 2 is 1.22 bits per heavy atom. The first kappa shape index (κ1) is 46.7. The Kier molecular flexibility index (Phi) is 17.9. The Morgan fingerprint density at radius 3 is 1.71 bits per heavy atom. The molecule has 17 nitrogen and oxygen atoms in total. The maximum atomic E-state index is 13.4. The van der Waals surface area contributed by atoms with Crippen molar-refractivity contribution in [1.29, 1.82) is 0 Å². The summed E-state index contributed by atoms with van der Waals surface area (Å²) in [6, 6.07) is 20.9. The van der Waals surface area contributed by atoms with Gasteiger partial charge in [-0.15, -0.1) is 0 Å². The number of aliphatic hydroxyl groups excluding tert-OH is 4. The number of carbonyl (C=O) groups excluding carboxylic acids is 6. The van der Waals surface area contributed by atoms with Gasteiger partial charge >= 0.3 is 12.1 Å². The largest absolute Gasteiger partial charge is 0.452 e. The zero-order chi connectivity index (χ0) is 43.0. The molecule has 0 saturated carbocycles. The molecule has 4 amide bonds. The second-order valence-corrected chi connectivity index (χ2v) is 14.6. The fourth-order valence-electron chi connectivity index (χ4n) is 5.73. The Balaban J connectivity index is 1.64. The molecule has 0 aliphatic carbocycles. The molecular weight excluding hydrogens is 754 g/mol. The molecule has 314 valence electrons. The van der Waals surface area contributed by atoms with Crippen molar-refractivity contribution in [3.05, 3.63) is 108 Å². The minimum atomic E-state index is -2.32. The molecule has 0 aromatic heterocycles. The summed E-state index contributed by atoms with van der Waals surface area (Å²) in [7, 11) is 0. The zero-order valence-electron chi connectivity index (χ0n) is 32.5. The lowest BCUT2D eigenvalue weighted by Gasteiger charge is -2.30. The van der Waals surface area contributed by atoms with Crippen LogP contribution in [0.4, 0.5) is 4.79 Å². The highest BCUT2D eigenvalue weighted by Crippen LogP contribution is 2.28. The molecule has 0 saturated heterocycles. The summed E-state index contributed by atoms with van der Waals surface area (Å²) in [4.78, 5) is 76.2. The van der Waals surface area contributed by atoms with Crippen molar-refractivity contribution in [2.24, 2.45) is 11.5 Å². The van der Waals surface area contributed by atoms with Crippen LogP contribution in [0.25, 0.3) is 0 Å². The lowest BCUT2D eigenvalue weighted by molar-refractivity contribution is -0.149. The normalized spacial score (nSPS) is 15.1. The first-order chi connectivity index (χ1) is 27.4. The number of alkyl carbamates (subject to hydrolysis) is 1. The van der Waals surface area contributed by atoms with Crippen LogP contribution in [-0.2, 0) is 33.4 Å². The molecule has 3 rings (SSSR count).